The SMILES string of the molecule is O=C(C[n+]1ccc2ccccc2c1)c1cccc([N+](=O)[O-])c1.[Br-]. The van der Waals surface area contributed by atoms with Crippen molar-refractivity contribution >= 4 is 22.2 Å². The van der Waals surface area contributed by atoms with Crippen LogP contribution in [0, 0.1) is 10.1 Å². The van der Waals surface area contributed by atoms with Gasteiger partial charge in [-0.25, -0.2) is 0 Å². The Balaban J connectivity index is 0.00000192. The van der Waals surface area contributed by atoms with Crippen LogP contribution in [0.1, 0.15) is 10.4 Å². The number of carbonyl (C=O) groups is 1. The van der Waals surface area contributed by atoms with Crippen LogP contribution in [-0.4, -0.2) is 10.7 Å². The standard InChI is InChI=1S/C17H13N2O3.BrH/c20-17(14-6-3-7-16(10-14)19(21)22)12-18-9-8-13-4-1-2-5-15(13)11-18;/h1-11H,12H2;1H/q+1;/p-1. The van der Waals surface area contributed by atoms with E-state index >= 15 is 0 Å². The molecule has 0 unspecified atom stereocenters. The number of nitrogens with zero attached hydrogens (tertiary/aromatic N) is 2. The summed E-state index contributed by atoms with van der Waals surface area (Å²) in [5, 5.41) is 12.9. The highest BCUT2D eigenvalue weighted by Gasteiger charge is 2.15. The molecule has 0 amide bonds. The van der Waals surface area contributed by atoms with E-state index < -0.39 is 4.92 Å². The number of benzene rings is 2. The lowest BCUT2D eigenvalue weighted by atomic mass is 10.1. The number of aromatic nitrogens is 1. The zero-order chi connectivity index (χ0) is 15.5. The van der Waals surface area contributed by atoms with Crippen LogP contribution in [-0.2, 0) is 6.54 Å². The van der Waals surface area contributed by atoms with Gasteiger partial charge in [-0.05, 0) is 11.5 Å². The second kappa shape index (κ2) is 7.11. The van der Waals surface area contributed by atoms with Gasteiger partial charge >= 0.3 is 0 Å². The minimum atomic E-state index is -0.500. The third-order valence-corrected chi connectivity index (χ3v) is 3.45. The first-order valence-electron chi connectivity index (χ1n) is 6.79. The summed E-state index contributed by atoms with van der Waals surface area (Å²) in [6.45, 7) is 0.145. The number of hydrogen-bond acceptors (Lipinski definition) is 3. The molecule has 0 aliphatic rings. The van der Waals surface area contributed by atoms with E-state index in [1.807, 2.05) is 42.7 Å². The summed E-state index contributed by atoms with van der Waals surface area (Å²) in [6.07, 6.45) is 3.72. The summed E-state index contributed by atoms with van der Waals surface area (Å²) >= 11 is 0. The Labute approximate surface area is 143 Å². The van der Waals surface area contributed by atoms with Gasteiger partial charge in [-0.2, -0.15) is 4.57 Å². The van der Waals surface area contributed by atoms with Crippen molar-refractivity contribution < 1.29 is 31.3 Å². The Morgan fingerprint density at radius 3 is 2.52 bits per heavy atom. The molecule has 0 aliphatic heterocycles. The monoisotopic (exact) mass is 372 g/mol. The minimum absolute atomic E-state index is 0. The van der Waals surface area contributed by atoms with Gasteiger partial charge in [0.2, 0.25) is 12.3 Å². The van der Waals surface area contributed by atoms with E-state index in [1.165, 1.54) is 18.2 Å². The number of ketones is 1. The number of fused-ring (bicyclic) bond motifs is 1. The first kappa shape index (κ1) is 16.8. The maximum atomic E-state index is 12.3. The molecule has 5 nitrogen and oxygen atoms in total. The molecule has 6 heteroatoms. The van der Waals surface area contributed by atoms with Crippen molar-refractivity contribution in [2.75, 3.05) is 0 Å². The van der Waals surface area contributed by atoms with Crippen LogP contribution < -0.4 is 21.5 Å². The van der Waals surface area contributed by atoms with Crippen molar-refractivity contribution in [1.82, 2.24) is 0 Å². The summed E-state index contributed by atoms with van der Waals surface area (Å²) in [4.78, 5) is 22.6. The first-order chi connectivity index (χ1) is 10.6. The van der Waals surface area contributed by atoms with E-state index in [2.05, 4.69) is 0 Å². The maximum absolute atomic E-state index is 12.3. The van der Waals surface area contributed by atoms with Crippen molar-refractivity contribution in [2.45, 2.75) is 6.54 Å². The van der Waals surface area contributed by atoms with Crippen molar-refractivity contribution in [1.29, 1.82) is 0 Å². The van der Waals surface area contributed by atoms with Crippen LogP contribution in [0.5, 0.6) is 0 Å². The van der Waals surface area contributed by atoms with E-state index in [0.29, 0.717) is 5.56 Å². The number of hydrogen-bond donors (Lipinski definition) is 0. The normalized spacial score (nSPS) is 10.1. The molecule has 0 fully saturated rings. The minimum Gasteiger partial charge on any atom is -1.00 e. The van der Waals surface area contributed by atoms with Gasteiger partial charge in [-0.1, -0.05) is 30.3 Å². The van der Waals surface area contributed by atoms with Gasteiger partial charge < -0.3 is 17.0 Å². The average molecular weight is 373 g/mol. The molecule has 23 heavy (non-hydrogen) atoms. The van der Waals surface area contributed by atoms with Crippen molar-refractivity contribution in [3.8, 4) is 0 Å². The van der Waals surface area contributed by atoms with E-state index in [9.17, 15) is 14.9 Å². The quantitative estimate of drug-likeness (QED) is 0.278. The van der Waals surface area contributed by atoms with E-state index in [4.69, 9.17) is 0 Å². The summed E-state index contributed by atoms with van der Waals surface area (Å²) in [5.74, 6) is -0.163. The molecular weight excluding hydrogens is 360 g/mol. The molecule has 2 aromatic carbocycles. The second-order valence-corrected chi connectivity index (χ2v) is 4.98. The fourth-order valence-corrected chi connectivity index (χ4v) is 2.33. The average Bonchev–Trinajstić information content (AvgIpc) is 2.55. The Hall–Kier alpha value is -2.60. The van der Waals surface area contributed by atoms with Crippen LogP contribution >= 0.6 is 0 Å². The molecule has 0 atom stereocenters. The van der Waals surface area contributed by atoms with Crippen LogP contribution in [0.2, 0.25) is 0 Å². The zero-order valence-corrected chi connectivity index (χ0v) is 13.6. The number of rotatable bonds is 4. The van der Waals surface area contributed by atoms with Gasteiger partial charge in [-0.15, -0.1) is 0 Å². The predicted molar refractivity (Wildman–Crippen MR) is 81.6 cm³/mol. The summed E-state index contributed by atoms with van der Waals surface area (Å²) < 4.78 is 1.78. The molecule has 0 saturated carbocycles. The smallest absolute Gasteiger partial charge is 0.270 e. The number of halogens is 1. The fraction of sp³-hybridized carbons (Fsp3) is 0.0588. The lowest BCUT2D eigenvalue weighted by Crippen LogP contribution is -3.00. The molecule has 0 radical (unpaired) electrons. The highest BCUT2D eigenvalue weighted by atomic mass is 79.9. The van der Waals surface area contributed by atoms with Gasteiger partial charge in [0, 0.05) is 29.1 Å². The van der Waals surface area contributed by atoms with Crippen LogP contribution in [0.25, 0.3) is 10.8 Å². The highest BCUT2D eigenvalue weighted by Crippen LogP contribution is 2.14. The lowest BCUT2D eigenvalue weighted by molar-refractivity contribution is -0.681. The Morgan fingerprint density at radius 2 is 1.78 bits per heavy atom. The Morgan fingerprint density at radius 1 is 1.04 bits per heavy atom. The van der Waals surface area contributed by atoms with Crippen LogP contribution in [0.3, 0.4) is 0 Å². The Kier molecular flexibility index (Phi) is 5.18. The molecule has 0 spiro atoms. The molecule has 3 aromatic rings. The van der Waals surface area contributed by atoms with Gasteiger partial charge in [-0.3, -0.25) is 14.9 Å². The second-order valence-electron chi connectivity index (χ2n) is 4.98. The summed E-state index contributed by atoms with van der Waals surface area (Å²) in [5.41, 5.74) is 0.268. The van der Waals surface area contributed by atoms with Crippen molar-refractivity contribution in [3.63, 3.8) is 0 Å². The van der Waals surface area contributed by atoms with Gasteiger partial charge in [0.15, 0.2) is 12.4 Å². The molecule has 1 heterocycles. The highest BCUT2D eigenvalue weighted by molar-refractivity contribution is 5.95. The van der Waals surface area contributed by atoms with Gasteiger partial charge in [0.1, 0.15) is 0 Å². The van der Waals surface area contributed by atoms with E-state index in [1.54, 1.807) is 10.6 Å². The molecule has 0 saturated heterocycles. The van der Waals surface area contributed by atoms with Crippen molar-refractivity contribution in [3.05, 3.63) is 82.7 Å². The molecule has 0 aliphatic carbocycles. The number of carbonyl (C=O) groups excluding carboxylic acids is 1. The maximum Gasteiger partial charge on any atom is 0.270 e. The first-order valence-corrected chi connectivity index (χ1v) is 6.79. The number of nitro groups is 1. The predicted octanol–water partition coefficient (Wildman–Crippen LogP) is -0.0776. The van der Waals surface area contributed by atoms with E-state index in [0.717, 1.165) is 10.8 Å². The van der Waals surface area contributed by atoms with E-state index in [-0.39, 0.29) is 35.0 Å². The zero-order valence-electron chi connectivity index (χ0n) is 12.1. The molecular formula is C17H13BrN2O3. The topological polar surface area (TPSA) is 64.1 Å². The Bertz CT molecular complexity index is 880. The summed E-state index contributed by atoms with van der Waals surface area (Å²) in [7, 11) is 0. The van der Waals surface area contributed by atoms with Crippen LogP contribution in [0.4, 0.5) is 5.69 Å². The molecule has 1 aromatic heterocycles. The number of non-ortho nitro benzene ring substituents is 1. The molecule has 116 valence electrons. The molecule has 0 bridgehead atoms. The number of pyridine rings is 1. The fourth-order valence-electron chi connectivity index (χ4n) is 2.33. The number of nitro benzene ring substituents is 1. The third kappa shape index (κ3) is 3.78. The van der Waals surface area contributed by atoms with Crippen molar-refractivity contribution in [2.24, 2.45) is 0 Å². The third-order valence-electron chi connectivity index (χ3n) is 3.45. The molecule has 0 N–H and O–H groups in total. The number of Topliss-reactive ketones (excluding diaryl/α,β-unsaturated/α-hetero) is 1. The van der Waals surface area contributed by atoms with Gasteiger partial charge in [0.25, 0.3) is 5.69 Å². The largest absolute Gasteiger partial charge is 1.00 e. The van der Waals surface area contributed by atoms with Crippen LogP contribution in [0.15, 0.2) is 67.0 Å². The summed E-state index contributed by atoms with van der Waals surface area (Å²) in [6, 6.07) is 15.6. The lowest BCUT2D eigenvalue weighted by Gasteiger charge is -2.00. The molecule has 3 rings (SSSR count). The van der Waals surface area contributed by atoms with Gasteiger partial charge in [0.05, 0.1) is 4.92 Å².